The molecule has 0 aliphatic carbocycles. The maximum absolute atomic E-state index is 12.8. The number of amides is 1. The lowest BCUT2D eigenvalue weighted by molar-refractivity contribution is -0.385. The zero-order chi connectivity index (χ0) is 23.8. The molecule has 168 valence electrons. The Labute approximate surface area is 185 Å². The van der Waals surface area contributed by atoms with Crippen LogP contribution in [0.1, 0.15) is 27.9 Å². The van der Waals surface area contributed by atoms with Crippen molar-refractivity contribution in [1.29, 1.82) is 5.26 Å². The number of esters is 1. The number of nitriles is 1. The number of carbonyl (C=O) groups excluding carboxylic acids is 2. The van der Waals surface area contributed by atoms with E-state index in [0.29, 0.717) is 5.69 Å². The number of anilines is 1. The number of methoxy groups -OCH3 is 2. The number of benzene rings is 2. The van der Waals surface area contributed by atoms with Gasteiger partial charge >= 0.3 is 5.97 Å². The summed E-state index contributed by atoms with van der Waals surface area (Å²) in [5.74, 6) is -1.46. The number of aryl methyl sites for hydroxylation is 2. The molecule has 0 aromatic heterocycles. The smallest absolute Gasteiger partial charge is 0.345 e. The largest absolute Gasteiger partial charge is 0.493 e. The van der Waals surface area contributed by atoms with Gasteiger partial charge in [0.25, 0.3) is 11.6 Å². The first-order valence-electron chi connectivity index (χ1n) is 9.55. The quantitative estimate of drug-likeness (QED) is 0.329. The van der Waals surface area contributed by atoms with E-state index < -0.39 is 29.1 Å². The van der Waals surface area contributed by atoms with Crippen LogP contribution in [0.2, 0.25) is 0 Å². The minimum absolute atomic E-state index is 0.0734. The van der Waals surface area contributed by atoms with Gasteiger partial charge in [-0.05, 0) is 37.1 Å². The van der Waals surface area contributed by atoms with Crippen LogP contribution in [0, 0.1) is 35.3 Å². The number of nitrogens with zero attached hydrogens (tertiary/aromatic N) is 3. The molecule has 0 atom stereocenters. The summed E-state index contributed by atoms with van der Waals surface area (Å²) in [6, 6.07) is 9.66. The Kier molecular flexibility index (Phi) is 8.12. The second-order valence-electron chi connectivity index (χ2n) is 6.86. The Morgan fingerprint density at radius 3 is 2.19 bits per heavy atom. The molecule has 0 aliphatic rings. The van der Waals surface area contributed by atoms with Gasteiger partial charge in [-0.25, -0.2) is 4.79 Å². The maximum Gasteiger partial charge on any atom is 0.345 e. The van der Waals surface area contributed by atoms with Crippen LogP contribution >= 0.6 is 0 Å². The maximum atomic E-state index is 12.8. The van der Waals surface area contributed by atoms with Gasteiger partial charge in [0.15, 0.2) is 18.1 Å². The summed E-state index contributed by atoms with van der Waals surface area (Å²) < 4.78 is 15.2. The molecule has 0 N–H and O–H groups in total. The van der Waals surface area contributed by atoms with Crippen molar-refractivity contribution >= 4 is 23.3 Å². The summed E-state index contributed by atoms with van der Waals surface area (Å²) >= 11 is 0. The molecule has 0 saturated carbocycles. The SMILES string of the molecule is COc1cc(C(=O)OCC(=O)N(CCC#N)c2cc(C)cc(C)c2)c([N+](=O)[O-])cc1OC. The molecule has 0 bridgehead atoms. The molecule has 0 saturated heterocycles. The number of nitro benzene ring substituents is 1. The second-order valence-corrected chi connectivity index (χ2v) is 6.86. The van der Waals surface area contributed by atoms with Crippen LogP contribution in [0.4, 0.5) is 11.4 Å². The fourth-order valence-corrected chi connectivity index (χ4v) is 3.13. The molecule has 0 aliphatic heterocycles. The van der Waals surface area contributed by atoms with Crippen molar-refractivity contribution in [2.24, 2.45) is 0 Å². The number of carbonyl (C=O) groups is 2. The van der Waals surface area contributed by atoms with Crippen LogP contribution in [0.15, 0.2) is 30.3 Å². The summed E-state index contributed by atoms with van der Waals surface area (Å²) in [6.45, 7) is 3.19. The van der Waals surface area contributed by atoms with Crippen LogP contribution in [0.25, 0.3) is 0 Å². The minimum atomic E-state index is -1.06. The molecule has 2 rings (SSSR count). The Balaban J connectivity index is 2.27. The predicted octanol–water partition coefficient (Wildman–Crippen LogP) is 3.33. The number of rotatable bonds is 9. The van der Waals surface area contributed by atoms with Gasteiger partial charge < -0.3 is 19.1 Å². The van der Waals surface area contributed by atoms with Crippen molar-refractivity contribution in [1.82, 2.24) is 0 Å². The van der Waals surface area contributed by atoms with Crippen molar-refractivity contribution in [3.05, 3.63) is 57.1 Å². The third-order valence-electron chi connectivity index (χ3n) is 4.51. The monoisotopic (exact) mass is 441 g/mol. The molecule has 0 spiro atoms. The minimum Gasteiger partial charge on any atom is -0.493 e. The first kappa shape index (κ1) is 24.1. The molecule has 0 radical (unpaired) electrons. The number of ether oxygens (including phenoxy) is 3. The molecule has 0 fully saturated rings. The van der Waals surface area contributed by atoms with Crippen molar-refractivity contribution in [2.75, 3.05) is 32.3 Å². The van der Waals surface area contributed by atoms with Crippen molar-refractivity contribution in [2.45, 2.75) is 20.3 Å². The third-order valence-corrected chi connectivity index (χ3v) is 4.51. The van der Waals surface area contributed by atoms with Gasteiger partial charge in [-0.1, -0.05) is 6.07 Å². The van der Waals surface area contributed by atoms with Gasteiger partial charge in [-0.2, -0.15) is 5.26 Å². The van der Waals surface area contributed by atoms with Gasteiger partial charge in [0, 0.05) is 18.3 Å². The fraction of sp³-hybridized carbons (Fsp3) is 0.318. The van der Waals surface area contributed by atoms with Crippen LogP contribution in [0.5, 0.6) is 11.5 Å². The van der Waals surface area contributed by atoms with Gasteiger partial charge in [-0.15, -0.1) is 0 Å². The molecule has 1 amide bonds. The molecule has 2 aromatic carbocycles. The van der Waals surface area contributed by atoms with E-state index in [2.05, 4.69) is 0 Å². The van der Waals surface area contributed by atoms with Crippen molar-refractivity contribution in [3.63, 3.8) is 0 Å². The van der Waals surface area contributed by atoms with E-state index in [4.69, 9.17) is 19.5 Å². The Bertz CT molecular complexity index is 1060. The first-order chi connectivity index (χ1) is 15.2. The predicted molar refractivity (Wildman–Crippen MR) is 115 cm³/mol. The third kappa shape index (κ3) is 5.72. The Hall–Kier alpha value is -4.13. The lowest BCUT2D eigenvalue weighted by Crippen LogP contribution is -2.35. The first-order valence-corrected chi connectivity index (χ1v) is 9.55. The summed E-state index contributed by atoms with van der Waals surface area (Å²) in [7, 11) is 2.63. The van der Waals surface area contributed by atoms with Crippen LogP contribution in [-0.2, 0) is 9.53 Å². The molecule has 0 heterocycles. The van der Waals surface area contributed by atoms with E-state index in [1.54, 1.807) is 12.1 Å². The average Bonchev–Trinajstić information content (AvgIpc) is 2.75. The van der Waals surface area contributed by atoms with Gasteiger partial charge in [0.2, 0.25) is 0 Å². The van der Waals surface area contributed by atoms with E-state index in [1.807, 2.05) is 26.0 Å². The zero-order valence-corrected chi connectivity index (χ0v) is 18.2. The van der Waals surface area contributed by atoms with E-state index in [1.165, 1.54) is 19.1 Å². The molecule has 10 heteroatoms. The standard InChI is InChI=1S/C22H23N3O7/c1-14-8-15(2)10-16(9-14)24(7-5-6-23)21(26)13-32-22(27)17-11-19(30-3)20(31-4)12-18(17)25(28)29/h8-12H,5,7,13H2,1-4H3. The average molecular weight is 441 g/mol. The van der Waals surface area contributed by atoms with Gasteiger partial charge in [0.05, 0.1) is 37.7 Å². The van der Waals surface area contributed by atoms with E-state index in [-0.39, 0.29) is 30.0 Å². The van der Waals surface area contributed by atoms with Gasteiger partial charge in [-0.3, -0.25) is 14.9 Å². The van der Waals surface area contributed by atoms with E-state index in [9.17, 15) is 19.7 Å². The molecule has 0 unspecified atom stereocenters. The Morgan fingerprint density at radius 1 is 1.06 bits per heavy atom. The molecular formula is C22H23N3O7. The second kappa shape index (κ2) is 10.8. The van der Waals surface area contributed by atoms with Crippen LogP contribution in [0.3, 0.4) is 0 Å². The van der Waals surface area contributed by atoms with Crippen molar-refractivity contribution in [3.8, 4) is 17.6 Å². The fourth-order valence-electron chi connectivity index (χ4n) is 3.13. The normalized spacial score (nSPS) is 10.1. The summed E-state index contributed by atoms with van der Waals surface area (Å²) in [5, 5.41) is 20.3. The van der Waals surface area contributed by atoms with Crippen molar-refractivity contribution < 1.29 is 28.7 Å². The highest BCUT2D eigenvalue weighted by Gasteiger charge is 2.27. The van der Waals surface area contributed by atoms with E-state index in [0.717, 1.165) is 23.3 Å². The number of nitro groups is 1. The number of hydrogen-bond donors (Lipinski definition) is 0. The topological polar surface area (TPSA) is 132 Å². The molecule has 32 heavy (non-hydrogen) atoms. The van der Waals surface area contributed by atoms with E-state index >= 15 is 0 Å². The highest BCUT2D eigenvalue weighted by molar-refractivity contribution is 5.99. The zero-order valence-electron chi connectivity index (χ0n) is 18.2. The van der Waals surface area contributed by atoms with Crippen LogP contribution in [-0.4, -0.2) is 44.2 Å². The molecule has 10 nitrogen and oxygen atoms in total. The van der Waals surface area contributed by atoms with Gasteiger partial charge in [0.1, 0.15) is 5.56 Å². The summed E-state index contributed by atoms with van der Waals surface area (Å²) in [6.07, 6.45) is 0.0772. The highest BCUT2D eigenvalue weighted by atomic mass is 16.6. The lowest BCUT2D eigenvalue weighted by Gasteiger charge is -2.22. The van der Waals surface area contributed by atoms with Crippen LogP contribution < -0.4 is 14.4 Å². The Morgan fingerprint density at radius 2 is 1.66 bits per heavy atom. The highest BCUT2D eigenvalue weighted by Crippen LogP contribution is 2.34. The number of hydrogen-bond acceptors (Lipinski definition) is 8. The molecule has 2 aromatic rings. The summed E-state index contributed by atoms with van der Waals surface area (Å²) in [4.78, 5) is 37.4. The lowest BCUT2D eigenvalue weighted by atomic mass is 10.1. The molecular weight excluding hydrogens is 418 g/mol. The summed E-state index contributed by atoms with van der Waals surface area (Å²) in [5.41, 5.74) is 1.49.